The summed E-state index contributed by atoms with van der Waals surface area (Å²) in [6.45, 7) is 4.74. The Morgan fingerprint density at radius 1 is 0.905 bits per heavy atom. The summed E-state index contributed by atoms with van der Waals surface area (Å²) in [5.41, 5.74) is 1.60. The molecule has 0 aliphatic carbocycles. The molecule has 1 aliphatic rings. The van der Waals surface area contributed by atoms with Crippen molar-refractivity contribution in [1.29, 1.82) is 0 Å². The molecule has 21 heavy (non-hydrogen) atoms. The molecule has 0 saturated heterocycles. The third kappa shape index (κ3) is 2.69. The Balaban J connectivity index is 1.73. The third-order valence-corrected chi connectivity index (χ3v) is 13.5. The van der Waals surface area contributed by atoms with Gasteiger partial charge in [-0.25, -0.2) is 0 Å². The summed E-state index contributed by atoms with van der Waals surface area (Å²) in [6, 6.07) is 7.70. The number of unbranched alkanes of at least 4 members (excludes halogenated alkanes) is 5. The van der Waals surface area contributed by atoms with Crippen LogP contribution >= 0.6 is 22.7 Å². The van der Waals surface area contributed by atoms with E-state index in [1.54, 1.807) is 20.1 Å². The molecule has 3 rings (SSSR count). The summed E-state index contributed by atoms with van der Waals surface area (Å²) in [5.74, 6) is 0. The second kappa shape index (κ2) is 6.80. The van der Waals surface area contributed by atoms with Gasteiger partial charge < -0.3 is 0 Å². The molecule has 0 saturated carbocycles. The molecule has 1 atom stereocenters. The van der Waals surface area contributed by atoms with E-state index in [-0.39, 0.29) is 0 Å². The van der Waals surface area contributed by atoms with Crippen LogP contribution in [0.2, 0.25) is 12.1 Å². The van der Waals surface area contributed by atoms with E-state index in [4.69, 9.17) is 0 Å². The molecule has 0 aromatic carbocycles. The van der Waals surface area contributed by atoms with Crippen LogP contribution in [0.4, 0.5) is 0 Å². The second-order valence-corrected chi connectivity index (χ2v) is 12.9. The van der Waals surface area contributed by atoms with E-state index in [9.17, 15) is 0 Å². The molecule has 0 bridgehead atoms. The zero-order chi connectivity index (χ0) is 14.7. The topological polar surface area (TPSA) is 0 Å². The lowest BCUT2D eigenvalue weighted by Crippen LogP contribution is -2.53. The van der Waals surface area contributed by atoms with Gasteiger partial charge in [0.15, 0.2) is 0 Å². The molecule has 0 spiro atoms. The van der Waals surface area contributed by atoms with Gasteiger partial charge in [-0.3, -0.25) is 0 Å². The van der Waals surface area contributed by atoms with Crippen molar-refractivity contribution in [1.82, 2.24) is 0 Å². The predicted molar refractivity (Wildman–Crippen MR) is 101 cm³/mol. The van der Waals surface area contributed by atoms with Crippen LogP contribution in [0, 0.1) is 0 Å². The highest BCUT2D eigenvalue weighted by Gasteiger charge is 2.45. The van der Waals surface area contributed by atoms with Gasteiger partial charge in [-0.15, -0.1) is 11.3 Å². The molecule has 0 nitrogen and oxygen atoms in total. The Hall–Kier alpha value is -0.383. The molecule has 0 N–H and O–H groups in total. The predicted octanol–water partition coefficient (Wildman–Crippen LogP) is 5.73. The smallest absolute Gasteiger partial charge is 0.133 e. The van der Waals surface area contributed by atoms with Gasteiger partial charge in [0.2, 0.25) is 0 Å². The maximum Gasteiger partial charge on any atom is 0.133 e. The maximum atomic E-state index is 2.46. The third-order valence-electron chi connectivity index (χ3n) is 5.09. The Morgan fingerprint density at radius 2 is 1.67 bits per heavy atom. The van der Waals surface area contributed by atoms with Crippen LogP contribution < -0.4 is 9.69 Å². The number of rotatable bonds is 8. The zero-order valence-corrected chi connectivity index (χ0v) is 15.9. The van der Waals surface area contributed by atoms with Gasteiger partial charge in [0.05, 0.1) is 0 Å². The minimum absolute atomic E-state index is 1.35. The largest absolute Gasteiger partial charge is 0.152 e. The number of thiophene rings is 2. The van der Waals surface area contributed by atoms with Crippen molar-refractivity contribution in [2.24, 2.45) is 0 Å². The first-order chi connectivity index (χ1) is 10.3. The summed E-state index contributed by atoms with van der Waals surface area (Å²) >= 11 is 4.01. The van der Waals surface area contributed by atoms with Gasteiger partial charge in [0.25, 0.3) is 0 Å². The van der Waals surface area contributed by atoms with Crippen molar-refractivity contribution in [2.45, 2.75) is 64.5 Å². The summed E-state index contributed by atoms with van der Waals surface area (Å²) in [7, 11) is -1.38. The second-order valence-electron chi connectivity index (χ2n) is 6.28. The quantitative estimate of drug-likeness (QED) is 0.427. The molecule has 3 heterocycles. The Kier molecular flexibility index (Phi) is 5.02. The lowest BCUT2D eigenvalue weighted by atomic mass is 10.1. The monoisotopic (exact) mass is 334 g/mol. The van der Waals surface area contributed by atoms with E-state index in [1.165, 1.54) is 50.6 Å². The summed E-state index contributed by atoms with van der Waals surface area (Å²) in [4.78, 5) is 1.62. The number of fused-ring (bicyclic) bond motifs is 3. The van der Waals surface area contributed by atoms with E-state index >= 15 is 0 Å². The Labute approximate surface area is 138 Å². The van der Waals surface area contributed by atoms with E-state index < -0.39 is 8.07 Å². The molecular formula is C18H26S2Si. The van der Waals surface area contributed by atoms with Crippen LogP contribution in [-0.2, 0) is 0 Å². The fourth-order valence-corrected chi connectivity index (χ4v) is 12.9. The van der Waals surface area contributed by atoms with Gasteiger partial charge in [-0.05, 0) is 28.1 Å². The SMILES string of the molecule is CCCCCCCC[Si]1(CC)c2ccsc2-c2ccsc21. The van der Waals surface area contributed by atoms with E-state index in [2.05, 4.69) is 36.7 Å². The average molecular weight is 335 g/mol. The van der Waals surface area contributed by atoms with Crippen LogP contribution in [0.25, 0.3) is 10.4 Å². The summed E-state index contributed by atoms with van der Waals surface area (Å²) < 4.78 is 1.79. The molecule has 0 radical (unpaired) electrons. The van der Waals surface area contributed by atoms with Crippen LogP contribution in [0.1, 0.15) is 52.4 Å². The normalized spacial score (nSPS) is 19.7. The van der Waals surface area contributed by atoms with Crippen LogP contribution in [0.15, 0.2) is 22.9 Å². The molecule has 0 fully saturated rings. The van der Waals surface area contributed by atoms with Gasteiger partial charge in [-0.2, -0.15) is 11.3 Å². The molecule has 1 aliphatic heterocycles. The highest BCUT2D eigenvalue weighted by molar-refractivity contribution is 7.33. The fourth-order valence-electron chi connectivity index (χ4n) is 3.86. The van der Waals surface area contributed by atoms with Gasteiger partial charge in [0, 0.05) is 14.9 Å². The molecule has 1 unspecified atom stereocenters. The van der Waals surface area contributed by atoms with Crippen molar-refractivity contribution in [2.75, 3.05) is 0 Å². The van der Waals surface area contributed by atoms with Crippen molar-refractivity contribution in [3.63, 3.8) is 0 Å². The Morgan fingerprint density at radius 3 is 2.48 bits per heavy atom. The standard InChI is InChI=1S/C18H26S2Si/c1-3-5-6-7-8-9-14-21(4-2)16-11-13-19-17(16)15-10-12-20-18(15)21/h10-13H,3-9,14H2,1-2H3. The van der Waals surface area contributed by atoms with Gasteiger partial charge >= 0.3 is 0 Å². The van der Waals surface area contributed by atoms with Crippen LogP contribution in [0.5, 0.6) is 0 Å². The number of hydrogen-bond acceptors (Lipinski definition) is 2. The summed E-state index contributed by atoms with van der Waals surface area (Å²) in [6.07, 6.45) is 8.52. The first kappa shape index (κ1) is 15.5. The molecule has 2 aromatic heterocycles. The molecule has 114 valence electrons. The lowest BCUT2D eigenvalue weighted by Gasteiger charge is -2.26. The van der Waals surface area contributed by atoms with Crippen molar-refractivity contribution in [3.8, 4) is 10.4 Å². The van der Waals surface area contributed by atoms with Crippen LogP contribution in [0.3, 0.4) is 0 Å². The highest BCUT2D eigenvalue weighted by atomic mass is 32.1. The first-order valence-corrected chi connectivity index (χ1v) is 12.7. The van der Waals surface area contributed by atoms with Gasteiger partial charge in [0.1, 0.15) is 8.07 Å². The molecule has 2 aromatic rings. The Bertz CT molecular complexity index is 541. The van der Waals surface area contributed by atoms with Crippen molar-refractivity contribution in [3.05, 3.63) is 22.9 Å². The van der Waals surface area contributed by atoms with E-state index in [0.29, 0.717) is 0 Å². The van der Waals surface area contributed by atoms with Gasteiger partial charge in [-0.1, -0.05) is 64.5 Å². The average Bonchev–Trinajstić information content (AvgIpc) is 3.18. The minimum Gasteiger partial charge on any atom is -0.152 e. The maximum absolute atomic E-state index is 2.46. The van der Waals surface area contributed by atoms with Crippen LogP contribution in [-0.4, -0.2) is 8.07 Å². The summed E-state index contributed by atoms with van der Waals surface area (Å²) in [5, 5.41) is 6.42. The van der Waals surface area contributed by atoms with Crippen molar-refractivity contribution < 1.29 is 0 Å². The minimum atomic E-state index is -1.38. The number of hydrogen-bond donors (Lipinski definition) is 0. The molecule has 0 amide bonds. The first-order valence-electron chi connectivity index (χ1n) is 8.49. The molecule has 3 heteroatoms. The van der Waals surface area contributed by atoms with E-state index in [0.717, 1.165) is 0 Å². The van der Waals surface area contributed by atoms with Crippen molar-refractivity contribution >= 4 is 40.4 Å². The van der Waals surface area contributed by atoms with E-state index in [1.807, 2.05) is 22.7 Å². The fraction of sp³-hybridized carbons (Fsp3) is 0.556. The highest BCUT2D eigenvalue weighted by Crippen LogP contribution is 2.38. The zero-order valence-electron chi connectivity index (χ0n) is 13.3. The lowest BCUT2D eigenvalue weighted by molar-refractivity contribution is 0.623. The molecular weight excluding hydrogens is 308 g/mol.